The molecule has 0 saturated carbocycles. The minimum Gasteiger partial charge on any atom is -0.507 e. The molecule has 1 aliphatic rings. The predicted molar refractivity (Wildman–Crippen MR) is 123 cm³/mol. The number of rotatable bonds is 9. The molecule has 1 aromatic heterocycles. The second-order valence-electron chi connectivity index (χ2n) is 8.00. The molecule has 172 valence electrons. The average molecular weight is 460 g/mol. The number of nitrogens with one attached hydrogen (secondary N) is 3. The maximum Gasteiger partial charge on any atom is 0.243 e. The molecule has 1 aliphatic carbocycles. The zero-order chi connectivity index (χ0) is 22.7. The van der Waals surface area contributed by atoms with E-state index in [1.165, 1.54) is 54.7 Å². The molecule has 0 bridgehead atoms. The largest absolute Gasteiger partial charge is 0.507 e. The number of phenolic OH excluding ortho intramolecular Hbond substituents is 1. The van der Waals surface area contributed by atoms with Crippen LogP contribution in [-0.4, -0.2) is 50.4 Å². The maximum absolute atomic E-state index is 12.0. The number of aryl methyl sites for hydroxylation is 2. The van der Waals surface area contributed by atoms with Crippen LogP contribution in [-0.2, 0) is 22.9 Å². The lowest BCUT2D eigenvalue weighted by Gasteiger charge is -2.14. The number of aromatic nitrogens is 1. The minimum absolute atomic E-state index is 0.218. The third-order valence-electron chi connectivity index (χ3n) is 5.88. The lowest BCUT2D eigenvalue weighted by atomic mass is 9.96. The molecular weight excluding hydrogens is 430 g/mol. The van der Waals surface area contributed by atoms with Gasteiger partial charge in [-0.05, 0) is 68.1 Å². The summed E-state index contributed by atoms with van der Waals surface area (Å²) in [5.41, 5.74) is 4.29. The van der Waals surface area contributed by atoms with Crippen LogP contribution in [0.4, 0.5) is 0 Å². The van der Waals surface area contributed by atoms with Crippen LogP contribution < -0.4 is 14.8 Å². The Bertz CT molecular complexity index is 1210. The molecule has 0 saturated heterocycles. The first-order valence-electron chi connectivity index (χ1n) is 10.8. The topological polar surface area (TPSA) is 124 Å². The molecular formula is C23H29N3O5S. The highest BCUT2D eigenvalue weighted by Gasteiger charge is 2.19. The number of fused-ring (bicyclic) bond motifs is 3. The standard InChI is InChI=1S/C23H29N3O5S/c1-24-32(29,30)23-12-15(6-9-21(23)27)22(28)14-25-10-11-31-16-7-8-18-17-4-2-3-5-19(17)26-20(18)13-16/h6-9,12-13,22,24-28H,2-5,10-11,14H2,1H3. The molecule has 1 atom stereocenters. The lowest BCUT2D eigenvalue weighted by molar-refractivity contribution is 0.171. The molecule has 0 aliphatic heterocycles. The van der Waals surface area contributed by atoms with Crippen molar-refractivity contribution in [3.05, 3.63) is 53.2 Å². The zero-order valence-corrected chi connectivity index (χ0v) is 18.8. The summed E-state index contributed by atoms with van der Waals surface area (Å²) in [5.74, 6) is 0.426. The van der Waals surface area contributed by atoms with Crippen LogP contribution in [0.25, 0.3) is 10.9 Å². The summed E-state index contributed by atoms with van der Waals surface area (Å²) in [6.07, 6.45) is 3.79. The van der Waals surface area contributed by atoms with E-state index in [1.54, 1.807) is 0 Å². The number of benzene rings is 2. The Kier molecular flexibility index (Phi) is 6.71. The van der Waals surface area contributed by atoms with Crippen molar-refractivity contribution in [2.45, 2.75) is 36.7 Å². The number of aliphatic hydroxyl groups is 1. The van der Waals surface area contributed by atoms with E-state index in [-0.39, 0.29) is 17.2 Å². The first kappa shape index (κ1) is 22.6. The fraction of sp³-hybridized carbons (Fsp3) is 0.391. The van der Waals surface area contributed by atoms with Crippen LogP contribution in [0.1, 0.15) is 35.8 Å². The predicted octanol–water partition coefficient (Wildman–Crippen LogP) is 2.36. The highest BCUT2D eigenvalue weighted by molar-refractivity contribution is 7.89. The molecule has 2 aromatic carbocycles. The molecule has 3 aromatic rings. The Hall–Kier alpha value is -2.59. The number of sulfonamides is 1. The molecule has 0 amide bonds. The van der Waals surface area contributed by atoms with Gasteiger partial charge >= 0.3 is 0 Å². The van der Waals surface area contributed by atoms with Crippen molar-refractivity contribution in [1.29, 1.82) is 0 Å². The Morgan fingerprint density at radius 1 is 1.16 bits per heavy atom. The number of ether oxygens (including phenoxy) is 1. The van der Waals surface area contributed by atoms with Gasteiger partial charge in [0.1, 0.15) is 23.0 Å². The SMILES string of the molecule is CNS(=O)(=O)c1cc(C(O)CNCCOc2ccc3c4c([nH]c3c2)CCCC4)ccc1O. The van der Waals surface area contributed by atoms with E-state index in [4.69, 9.17) is 4.74 Å². The third-order valence-corrected chi connectivity index (χ3v) is 7.33. The van der Waals surface area contributed by atoms with Crippen LogP contribution in [0.5, 0.6) is 11.5 Å². The van der Waals surface area contributed by atoms with Gasteiger partial charge in [0.25, 0.3) is 0 Å². The van der Waals surface area contributed by atoms with Crippen molar-refractivity contribution < 1.29 is 23.4 Å². The quantitative estimate of drug-likeness (QED) is 0.313. The van der Waals surface area contributed by atoms with E-state index in [0.717, 1.165) is 24.1 Å². The van der Waals surface area contributed by atoms with Gasteiger partial charge in [0.05, 0.1) is 6.10 Å². The van der Waals surface area contributed by atoms with E-state index in [9.17, 15) is 18.6 Å². The molecule has 1 heterocycles. The number of aromatic amines is 1. The molecule has 9 heteroatoms. The van der Waals surface area contributed by atoms with Crippen LogP contribution in [0, 0.1) is 0 Å². The maximum atomic E-state index is 12.0. The molecule has 8 nitrogen and oxygen atoms in total. The average Bonchev–Trinajstić information content (AvgIpc) is 3.16. The number of hydrogen-bond acceptors (Lipinski definition) is 6. The van der Waals surface area contributed by atoms with Gasteiger partial charge in [-0.3, -0.25) is 0 Å². The summed E-state index contributed by atoms with van der Waals surface area (Å²) in [6, 6.07) is 10.2. The van der Waals surface area contributed by atoms with Gasteiger partial charge in [-0.25, -0.2) is 13.1 Å². The second-order valence-corrected chi connectivity index (χ2v) is 9.85. The Balaban J connectivity index is 1.29. The van der Waals surface area contributed by atoms with Crippen molar-refractivity contribution in [1.82, 2.24) is 15.0 Å². The monoisotopic (exact) mass is 459 g/mol. The highest BCUT2D eigenvalue weighted by atomic mass is 32.2. The highest BCUT2D eigenvalue weighted by Crippen LogP contribution is 2.31. The van der Waals surface area contributed by atoms with E-state index in [0.29, 0.717) is 18.7 Å². The van der Waals surface area contributed by atoms with Gasteiger partial charge in [-0.2, -0.15) is 0 Å². The summed E-state index contributed by atoms with van der Waals surface area (Å²) in [7, 11) is -2.55. The van der Waals surface area contributed by atoms with E-state index in [1.807, 2.05) is 12.1 Å². The van der Waals surface area contributed by atoms with Crippen LogP contribution in [0.2, 0.25) is 0 Å². The van der Waals surface area contributed by atoms with Gasteiger partial charge in [0, 0.05) is 35.8 Å². The first-order valence-corrected chi connectivity index (χ1v) is 12.3. The fourth-order valence-corrected chi connectivity index (χ4v) is 5.00. The molecule has 0 fully saturated rings. The van der Waals surface area contributed by atoms with Gasteiger partial charge < -0.3 is 25.3 Å². The van der Waals surface area contributed by atoms with E-state index in [2.05, 4.69) is 21.1 Å². The number of aliphatic hydroxyl groups excluding tert-OH is 1. The fourth-order valence-electron chi connectivity index (χ4n) is 4.14. The van der Waals surface area contributed by atoms with Crippen molar-refractivity contribution in [2.24, 2.45) is 0 Å². The molecule has 0 spiro atoms. The first-order chi connectivity index (χ1) is 15.4. The van der Waals surface area contributed by atoms with Gasteiger partial charge in [0.2, 0.25) is 10.0 Å². The normalized spacial score (nSPS) is 14.9. The smallest absolute Gasteiger partial charge is 0.243 e. The van der Waals surface area contributed by atoms with Crippen molar-refractivity contribution in [3.63, 3.8) is 0 Å². The van der Waals surface area contributed by atoms with Gasteiger partial charge in [-0.15, -0.1) is 0 Å². The zero-order valence-electron chi connectivity index (χ0n) is 18.0. The molecule has 0 radical (unpaired) electrons. The van der Waals surface area contributed by atoms with Crippen molar-refractivity contribution >= 4 is 20.9 Å². The summed E-state index contributed by atoms with van der Waals surface area (Å²) < 4.78 is 32.0. The van der Waals surface area contributed by atoms with Crippen molar-refractivity contribution in [3.8, 4) is 11.5 Å². The number of hydrogen-bond donors (Lipinski definition) is 5. The molecule has 32 heavy (non-hydrogen) atoms. The third kappa shape index (κ3) is 4.75. The molecule has 1 unspecified atom stereocenters. The van der Waals surface area contributed by atoms with Gasteiger partial charge in [0.15, 0.2) is 0 Å². The molecule has 5 N–H and O–H groups in total. The van der Waals surface area contributed by atoms with E-state index < -0.39 is 16.1 Å². The lowest BCUT2D eigenvalue weighted by Crippen LogP contribution is -2.26. The Morgan fingerprint density at radius 2 is 1.97 bits per heavy atom. The summed E-state index contributed by atoms with van der Waals surface area (Å²) >= 11 is 0. The van der Waals surface area contributed by atoms with E-state index >= 15 is 0 Å². The van der Waals surface area contributed by atoms with Crippen molar-refractivity contribution in [2.75, 3.05) is 26.7 Å². The van der Waals surface area contributed by atoms with Gasteiger partial charge in [-0.1, -0.05) is 6.07 Å². The number of aromatic hydroxyl groups is 1. The number of H-pyrrole nitrogens is 1. The molecule has 4 rings (SSSR count). The Labute approximate surface area is 187 Å². The Morgan fingerprint density at radius 3 is 2.78 bits per heavy atom. The second kappa shape index (κ2) is 9.50. The summed E-state index contributed by atoms with van der Waals surface area (Å²) in [5, 5.41) is 24.6. The van der Waals surface area contributed by atoms with Crippen LogP contribution in [0.3, 0.4) is 0 Å². The number of phenols is 1. The van der Waals surface area contributed by atoms with Crippen LogP contribution >= 0.6 is 0 Å². The summed E-state index contributed by atoms with van der Waals surface area (Å²) in [4.78, 5) is 3.26. The van der Waals surface area contributed by atoms with Crippen LogP contribution in [0.15, 0.2) is 41.3 Å². The summed E-state index contributed by atoms with van der Waals surface area (Å²) in [6.45, 7) is 1.15. The minimum atomic E-state index is -3.82.